The van der Waals surface area contributed by atoms with Gasteiger partial charge in [-0.3, -0.25) is 4.79 Å². The zero-order valence-corrected chi connectivity index (χ0v) is 19.8. The first-order valence-corrected chi connectivity index (χ1v) is 13.7. The molecule has 1 unspecified atom stereocenters. The standard InChI is InChI=1S/C24H37N3O3S/c1-19(28)25-23-7-11-24(22-6-4-3-5-21(22)23)12-17-26(18-13-24)14-8-20-9-15-27(16-10-20)31(2,29)30/h3-6,20,23H,7-18H2,1-2H3,(H,25,28). The van der Waals surface area contributed by atoms with E-state index in [9.17, 15) is 13.2 Å². The maximum atomic E-state index is 11.7. The highest BCUT2D eigenvalue weighted by atomic mass is 32.2. The Morgan fingerprint density at radius 2 is 1.74 bits per heavy atom. The van der Waals surface area contributed by atoms with Crippen LogP contribution in [0.4, 0.5) is 0 Å². The molecule has 1 aliphatic carbocycles. The fourth-order valence-electron chi connectivity index (χ4n) is 6.01. The second-order valence-electron chi connectivity index (χ2n) is 9.90. The summed E-state index contributed by atoms with van der Waals surface area (Å²) in [6.45, 7) is 6.34. The summed E-state index contributed by atoms with van der Waals surface area (Å²) in [5.41, 5.74) is 3.02. The van der Waals surface area contributed by atoms with Gasteiger partial charge in [-0.1, -0.05) is 24.3 Å². The Kier molecular flexibility index (Phi) is 6.75. The molecule has 0 bridgehead atoms. The van der Waals surface area contributed by atoms with Gasteiger partial charge in [-0.25, -0.2) is 12.7 Å². The molecule has 1 atom stereocenters. The minimum absolute atomic E-state index is 0.0490. The van der Waals surface area contributed by atoms with Crippen LogP contribution >= 0.6 is 0 Å². The average molecular weight is 448 g/mol. The normalized spacial score (nSPS) is 25.3. The summed E-state index contributed by atoms with van der Waals surface area (Å²) in [7, 11) is -3.04. The fourth-order valence-corrected chi connectivity index (χ4v) is 6.88. The number of hydrogen-bond donors (Lipinski definition) is 1. The molecule has 2 fully saturated rings. The van der Waals surface area contributed by atoms with Crippen LogP contribution in [0.5, 0.6) is 0 Å². The molecule has 4 rings (SSSR count). The van der Waals surface area contributed by atoms with Gasteiger partial charge < -0.3 is 10.2 Å². The number of benzene rings is 1. The van der Waals surface area contributed by atoms with Gasteiger partial charge in [-0.15, -0.1) is 0 Å². The molecule has 1 aromatic carbocycles. The van der Waals surface area contributed by atoms with Gasteiger partial charge in [0.2, 0.25) is 15.9 Å². The minimum Gasteiger partial charge on any atom is -0.350 e. The van der Waals surface area contributed by atoms with E-state index in [2.05, 4.69) is 34.5 Å². The second kappa shape index (κ2) is 9.20. The maximum absolute atomic E-state index is 11.7. The first-order chi connectivity index (χ1) is 14.8. The van der Waals surface area contributed by atoms with Crippen LogP contribution in [-0.2, 0) is 20.2 Å². The lowest BCUT2D eigenvalue weighted by Gasteiger charge is -2.47. The summed E-state index contributed by atoms with van der Waals surface area (Å²) in [4.78, 5) is 14.3. The smallest absolute Gasteiger partial charge is 0.217 e. The molecular weight excluding hydrogens is 410 g/mol. The topological polar surface area (TPSA) is 69.7 Å². The van der Waals surface area contributed by atoms with Crippen molar-refractivity contribution in [3.63, 3.8) is 0 Å². The van der Waals surface area contributed by atoms with Crippen LogP contribution in [0.15, 0.2) is 24.3 Å². The summed E-state index contributed by atoms with van der Waals surface area (Å²) in [5, 5.41) is 3.15. The SMILES string of the molecule is CC(=O)NC1CCC2(CCN(CCC3CCN(S(C)(=O)=O)CC3)CC2)c2ccccc21. The van der Waals surface area contributed by atoms with E-state index < -0.39 is 10.0 Å². The van der Waals surface area contributed by atoms with Gasteiger partial charge in [0.15, 0.2) is 0 Å². The molecule has 0 radical (unpaired) electrons. The molecule has 3 aliphatic rings. The monoisotopic (exact) mass is 447 g/mol. The number of piperidine rings is 2. The molecule has 2 saturated heterocycles. The van der Waals surface area contributed by atoms with Crippen molar-refractivity contribution < 1.29 is 13.2 Å². The highest BCUT2D eigenvalue weighted by Crippen LogP contribution is 2.48. The van der Waals surface area contributed by atoms with E-state index in [-0.39, 0.29) is 17.4 Å². The summed E-state index contributed by atoms with van der Waals surface area (Å²) >= 11 is 0. The zero-order chi connectivity index (χ0) is 22.1. The molecule has 1 aromatic rings. The van der Waals surface area contributed by atoms with Gasteiger partial charge in [0.1, 0.15) is 0 Å². The molecule has 0 aromatic heterocycles. The molecule has 1 N–H and O–H groups in total. The van der Waals surface area contributed by atoms with Crippen molar-refractivity contribution >= 4 is 15.9 Å². The average Bonchev–Trinajstić information content (AvgIpc) is 2.75. The number of fused-ring (bicyclic) bond motifs is 2. The molecule has 31 heavy (non-hydrogen) atoms. The molecule has 172 valence electrons. The van der Waals surface area contributed by atoms with Gasteiger partial charge in [0.25, 0.3) is 0 Å². The third kappa shape index (κ3) is 5.15. The van der Waals surface area contributed by atoms with E-state index in [1.807, 2.05) is 0 Å². The highest BCUT2D eigenvalue weighted by Gasteiger charge is 2.42. The largest absolute Gasteiger partial charge is 0.350 e. The Bertz CT molecular complexity index is 885. The van der Waals surface area contributed by atoms with Crippen LogP contribution in [0.3, 0.4) is 0 Å². The fraction of sp³-hybridized carbons (Fsp3) is 0.708. The molecule has 6 nitrogen and oxygen atoms in total. The molecule has 1 spiro atoms. The van der Waals surface area contributed by atoms with E-state index in [4.69, 9.17) is 0 Å². The molecule has 0 saturated carbocycles. The van der Waals surface area contributed by atoms with E-state index in [1.165, 1.54) is 36.6 Å². The van der Waals surface area contributed by atoms with Crippen molar-refractivity contribution in [1.29, 1.82) is 0 Å². The summed E-state index contributed by atoms with van der Waals surface area (Å²) in [5.74, 6) is 0.690. The predicted octanol–water partition coefficient (Wildman–Crippen LogP) is 3.05. The van der Waals surface area contributed by atoms with Crippen LogP contribution in [0.1, 0.15) is 69.0 Å². The number of nitrogens with zero attached hydrogens (tertiary/aromatic N) is 2. The number of nitrogens with one attached hydrogen (secondary N) is 1. The number of carbonyl (C=O) groups is 1. The zero-order valence-electron chi connectivity index (χ0n) is 19.0. The molecular formula is C24H37N3O3S. The summed E-state index contributed by atoms with van der Waals surface area (Å²) in [6.07, 6.45) is 9.00. The lowest BCUT2D eigenvalue weighted by Crippen LogP contribution is -2.46. The van der Waals surface area contributed by atoms with Crippen LogP contribution in [0, 0.1) is 5.92 Å². The maximum Gasteiger partial charge on any atom is 0.217 e. The van der Waals surface area contributed by atoms with Crippen LogP contribution in [0.25, 0.3) is 0 Å². The van der Waals surface area contributed by atoms with Gasteiger partial charge in [-0.2, -0.15) is 0 Å². The van der Waals surface area contributed by atoms with E-state index in [0.29, 0.717) is 19.0 Å². The molecule has 1 amide bonds. The minimum atomic E-state index is -3.04. The number of rotatable bonds is 5. The second-order valence-corrected chi connectivity index (χ2v) is 11.9. The van der Waals surface area contributed by atoms with Crippen LogP contribution in [0.2, 0.25) is 0 Å². The molecule has 2 heterocycles. The Balaban J connectivity index is 1.31. The summed E-state index contributed by atoms with van der Waals surface area (Å²) in [6, 6.07) is 8.87. The van der Waals surface area contributed by atoms with Crippen molar-refractivity contribution in [3.8, 4) is 0 Å². The third-order valence-corrected chi connectivity index (χ3v) is 9.21. The third-order valence-electron chi connectivity index (χ3n) is 7.91. The van der Waals surface area contributed by atoms with Crippen LogP contribution in [-0.4, -0.2) is 62.5 Å². The Hall–Kier alpha value is -1.44. The van der Waals surface area contributed by atoms with Crippen molar-refractivity contribution in [3.05, 3.63) is 35.4 Å². The number of sulfonamides is 1. The number of hydrogen-bond acceptors (Lipinski definition) is 4. The van der Waals surface area contributed by atoms with Crippen LogP contribution < -0.4 is 5.32 Å². The summed E-state index contributed by atoms with van der Waals surface area (Å²) < 4.78 is 25.0. The van der Waals surface area contributed by atoms with Gasteiger partial charge in [-0.05, 0) is 87.0 Å². The first-order valence-electron chi connectivity index (χ1n) is 11.8. The van der Waals surface area contributed by atoms with E-state index in [1.54, 1.807) is 11.2 Å². The number of carbonyl (C=O) groups excluding carboxylic acids is 1. The van der Waals surface area contributed by atoms with Gasteiger partial charge in [0, 0.05) is 20.0 Å². The van der Waals surface area contributed by atoms with Gasteiger partial charge in [0.05, 0.1) is 12.3 Å². The Morgan fingerprint density at radius 3 is 2.39 bits per heavy atom. The number of likely N-dealkylation sites (tertiary alicyclic amines) is 1. The lowest BCUT2D eigenvalue weighted by atomic mass is 9.63. The highest BCUT2D eigenvalue weighted by molar-refractivity contribution is 7.88. The molecule has 7 heteroatoms. The quantitative estimate of drug-likeness (QED) is 0.753. The Labute approximate surface area is 187 Å². The Morgan fingerprint density at radius 1 is 1.06 bits per heavy atom. The van der Waals surface area contributed by atoms with Crippen molar-refractivity contribution in [2.75, 3.05) is 39.0 Å². The van der Waals surface area contributed by atoms with Crippen molar-refractivity contribution in [1.82, 2.24) is 14.5 Å². The van der Waals surface area contributed by atoms with Gasteiger partial charge >= 0.3 is 0 Å². The number of amides is 1. The first kappa shape index (κ1) is 22.7. The van der Waals surface area contributed by atoms with Crippen molar-refractivity contribution in [2.45, 2.75) is 63.3 Å². The molecule has 2 aliphatic heterocycles. The van der Waals surface area contributed by atoms with Crippen molar-refractivity contribution in [2.24, 2.45) is 5.92 Å². The predicted molar refractivity (Wildman–Crippen MR) is 123 cm³/mol. The van der Waals surface area contributed by atoms with E-state index >= 15 is 0 Å². The van der Waals surface area contributed by atoms with E-state index in [0.717, 1.165) is 45.3 Å². The lowest BCUT2D eigenvalue weighted by molar-refractivity contribution is -0.119.